The molecule has 6 heteroatoms. The predicted molar refractivity (Wildman–Crippen MR) is 115 cm³/mol. The summed E-state index contributed by atoms with van der Waals surface area (Å²) in [5.41, 5.74) is 1.75. The van der Waals surface area contributed by atoms with Gasteiger partial charge in [-0.25, -0.2) is 0 Å². The van der Waals surface area contributed by atoms with Crippen LogP contribution in [-0.4, -0.2) is 46.9 Å². The summed E-state index contributed by atoms with van der Waals surface area (Å²) >= 11 is 3.45. The predicted octanol–water partition coefficient (Wildman–Crippen LogP) is 4.65. The summed E-state index contributed by atoms with van der Waals surface area (Å²) in [5, 5.41) is 12.7. The van der Waals surface area contributed by atoms with E-state index in [1.165, 1.54) is 25.7 Å². The smallest absolute Gasteiger partial charge is 0.281 e. The Bertz CT molecular complexity index is 763. The molecule has 152 valence electrons. The number of fused-ring (bicyclic) bond motifs is 1. The fourth-order valence-corrected chi connectivity index (χ4v) is 5.71. The fraction of sp³-hybridized carbons (Fsp3) is 0.636. The number of nitrogens with zero attached hydrogens (tertiary/aromatic N) is 3. The van der Waals surface area contributed by atoms with Crippen LogP contribution in [0.2, 0.25) is 0 Å². The molecule has 1 aliphatic carbocycles. The molecule has 2 fully saturated rings. The summed E-state index contributed by atoms with van der Waals surface area (Å²) in [6.45, 7) is 6.79. The Morgan fingerprint density at radius 2 is 1.75 bits per heavy atom. The van der Waals surface area contributed by atoms with Crippen LogP contribution in [0.15, 0.2) is 27.8 Å². The van der Waals surface area contributed by atoms with Gasteiger partial charge in [0.1, 0.15) is 0 Å². The number of hydrogen-bond acceptors (Lipinski definition) is 4. The molecule has 28 heavy (non-hydrogen) atoms. The van der Waals surface area contributed by atoms with E-state index in [1.54, 1.807) is 0 Å². The highest BCUT2D eigenvalue weighted by molar-refractivity contribution is 9.10. The van der Waals surface area contributed by atoms with E-state index >= 15 is 0 Å². The first kappa shape index (κ1) is 19.9. The molecule has 1 aromatic rings. The highest BCUT2D eigenvalue weighted by Crippen LogP contribution is 2.37. The summed E-state index contributed by atoms with van der Waals surface area (Å²) in [4.78, 5) is 17.4. The lowest BCUT2D eigenvalue weighted by molar-refractivity contribution is -0.113. The molecule has 5 nitrogen and oxygen atoms in total. The van der Waals surface area contributed by atoms with Crippen molar-refractivity contribution in [2.75, 3.05) is 18.0 Å². The van der Waals surface area contributed by atoms with E-state index in [1.807, 2.05) is 23.1 Å². The molecular formula is C22H30BrN3O2. The molecule has 1 N–H and O–H groups in total. The van der Waals surface area contributed by atoms with Crippen LogP contribution in [0.4, 0.5) is 5.69 Å². The van der Waals surface area contributed by atoms with E-state index in [9.17, 15) is 10.0 Å². The Labute approximate surface area is 175 Å². The summed E-state index contributed by atoms with van der Waals surface area (Å²) < 4.78 is 0.883. The fourth-order valence-electron chi connectivity index (χ4n) is 5.35. The van der Waals surface area contributed by atoms with Gasteiger partial charge in [-0.15, -0.1) is 0 Å². The highest BCUT2D eigenvalue weighted by Gasteiger charge is 2.40. The first-order valence-corrected chi connectivity index (χ1v) is 11.4. The number of oxime groups is 1. The third kappa shape index (κ3) is 3.61. The van der Waals surface area contributed by atoms with Crippen molar-refractivity contribution in [1.82, 2.24) is 4.90 Å². The zero-order valence-electron chi connectivity index (χ0n) is 16.8. The number of rotatable bonds is 3. The average molecular weight is 448 g/mol. The van der Waals surface area contributed by atoms with E-state index in [4.69, 9.17) is 0 Å². The molecule has 0 unspecified atom stereocenters. The third-order valence-electron chi connectivity index (χ3n) is 7.06. The standard InChI is InChI=1S/C22H30BrN3O2/c1-14(2)15-3-6-17(7-4-15)25-11-9-18(10-12-25)26-20-8-5-16(23)13-19(20)21(24-28)22(26)27/h5,8,13-15,17-18,28H,3-4,6-7,9-12H2,1-2H3/b24-21-/t15-,17+. The normalized spacial score (nSPS) is 28.4. The number of hydrogen-bond donors (Lipinski definition) is 1. The number of piperidine rings is 1. The number of benzene rings is 1. The molecule has 1 amide bonds. The molecule has 4 rings (SSSR count). The molecule has 0 bridgehead atoms. The van der Waals surface area contributed by atoms with Crippen LogP contribution in [0.5, 0.6) is 0 Å². The Morgan fingerprint density at radius 3 is 2.36 bits per heavy atom. The maximum atomic E-state index is 12.9. The van der Waals surface area contributed by atoms with Gasteiger partial charge < -0.3 is 15.0 Å². The Balaban J connectivity index is 1.41. The van der Waals surface area contributed by atoms with Crippen LogP contribution in [0, 0.1) is 11.8 Å². The van der Waals surface area contributed by atoms with Gasteiger partial charge in [0.05, 0.1) is 5.69 Å². The summed E-state index contributed by atoms with van der Waals surface area (Å²) in [6.07, 6.45) is 7.29. The quantitative estimate of drug-likeness (QED) is 0.541. The Morgan fingerprint density at radius 1 is 1.07 bits per heavy atom. The maximum Gasteiger partial charge on any atom is 0.281 e. The number of anilines is 1. The van der Waals surface area contributed by atoms with Crippen molar-refractivity contribution in [3.63, 3.8) is 0 Å². The van der Waals surface area contributed by atoms with Crippen molar-refractivity contribution < 1.29 is 10.0 Å². The van der Waals surface area contributed by atoms with Crippen LogP contribution in [-0.2, 0) is 4.79 Å². The maximum absolute atomic E-state index is 12.9. The van der Waals surface area contributed by atoms with Gasteiger partial charge in [-0.2, -0.15) is 0 Å². The van der Waals surface area contributed by atoms with E-state index in [0.29, 0.717) is 6.04 Å². The number of carbonyl (C=O) groups excluding carboxylic acids is 1. The monoisotopic (exact) mass is 447 g/mol. The third-order valence-corrected chi connectivity index (χ3v) is 7.55. The van der Waals surface area contributed by atoms with E-state index in [-0.39, 0.29) is 17.7 Å². The van der Waals surface area contributed by atoms with Gasteiger partial charge in [-0.3, -0.25) is 4.79 Å². The van der Waals surface area contributed by atoms with Crippen molar-refractivity contribution in [2.24, 2.45) is 17.0 Å². The minimum atomic E-state index is -0.175. The Hall–Kier alpha value is -1.40. The summed E-state index contributed by atoms with van der Waals surface area (Å²) in [6, 6.07) is 6.65. The molecule has 1 saturated carbocycles. The highest BCUT2D eigenvalue weighted by atomic mass is 79.9. The average Bonchev–Trinajstić information content (AvgIpc) is 2.98. The van der Waals surface area contributed by atoms with Crippen molar-refractivity contribution in [1.29, 1.82) is 0 Å². The second-order valence-corrected chi connectivity index (χ2v) is 9.78. The SMILES string of the molecule is CC(C)[C@H]1CC[C@@H](N2CCC(N3C(=O)/C(=N\O)c4cc(Br)ccc43)CC2)CC1. The zero-order valence-corrected chi connectivity index (χ0v) is 18.4. The van der Waals surface area contributed by atoms with Gasteiger partial charge in [0.2, 0.25) is 0 Å². The van der Waals surface area contributed by atoms with Gasteiger partial charge in [0.25, 0.3) is 5.91 Å². The number of carbonyl (C=O) groups is 1. The number of likely N-dealkylation sites (tertiary alicyclic amines) is 1. The van der Waals surface area contributed by atoms with E-state index in [0.717, 1.165) is 53.5 Å². The van der Waals surface area contributed by atoms with Crippen molar-refractivity contribution in [3.8, 4) is 0 Å². The molecule has 0 aromatic heterocycles. The molecular weight excluding hydrogens is 418 g/mol. The topological polar surface area (TPSA) is 56.1 Å². The van der Waals surface area contributed by atoms with Gasteiger partial charge in [0.15, 0.2) is 5.71 Å². The molecule has 1 aromatic carbocycles. The minimum Gasteiger partial charge on any atom is -0.410 e. The second kappa shape index (κ2) is 8.15. The van der Waals surface area contributed by atoms with Gasteiger partial charge >= 0.3 is 0 Å². The number of amides is 1. The van der Waals surface area contributed by atoms with Crippen LogP contribution in [0.3, 0.4) is 0 Å². The van der Waals surface area contributed by atoms with Gasteiger partial charge in [0, 0.05) is 35.2 Å². The lowest BCUT2D eigenvalue weighted by atomic mass is 9.79. The first-order chi connectivity index (χ1) is 13.5. The lowest BCUT2D eigenvalue weighted by Gasteiger charge is -2.43. The summed E-state index contributed by atoms with van der Waals surface area (Å²) in [7, 11) is 0. The van der Waals surface area contributed by atoms with Gasteiger partial charge in [-0.1, -0.05) is 34.9 Å². The van der Waals surface area contributed by atoms with Crippen molar-refractivity contribution >= 4 is 33.2 Å². The molecule has 0 atom stereocenters. The molecule has 2 aliphatic heterocycles. The first-order valence-electron chi connectivity index (χ1n) is 10.6. The minimum absolute atomic E-state index is 0.158. The number of halogens is 1. The van der Waals surface area contributed by atoms with Gasteiger partial charge in [-0.05, 0) is 68.6 Å². The summed E-state index contributed by atoms with van der Waals surface area (Å²) in [5.74, 6) is 1.52. The van der Waals surface area contributed by atoms with Crippen LogP contribution >= 0.6 is 15.9 Å². The van der Waals surface area contributed by atoms with Crippen molar-refractivity contribution in [2.45, 2.75) is 64.5 Å². The largest absolute Gasteiger partial charge is 0.410 e. The Kier molecular flexibility index (Phi) is 5.79. The lowest BCUT2D eigenvalue weighted by Crippen LogP contribution is -2.50. The van der Waals surface area contributed by atoms with Crippen LogP contribution in [0.25, 0.3) is 0 Å². The van der Waals surface area contributed by atoms with Crippen molar-refractivity contribution in [3.05, 3.63) is 28.2 Å². The van der Waals surface area contributed by atoms with Crippen LogP contribution < -0.4 is 4.90 Å². The van der Waals surface area contributed by atoms with Crippen LogP contribution in [0.1, 0.15) is 57.9 Å². The molecule has 2 heterocycles. The van der Waals surface area contributed by atoms with E-state index in [2.05, 4.69) is 39.8 Å². The molecule has 3 aliphatic rings. The molecule has 0 spiro atoms. The van der Waals surface area contributed by atoms with E-state index < -0.39 is 0 Å². The second-order valence-electron chi connectivity index (χ2n) is 8.86. The molecule has 1 saturated heterocycles. The molecule has 0 radical (unpaired) electrons. The zero-order chi connectivity index (χ0) is 19.8.